The molecule has 0 N–H and O–H groups in total. The molecule has 4 heteroatoms. The van der Waals surface area contributed by atoms with Crippen molar-refractivity contribution >= 4 is 27.7 Å². The normalized spacial score (nSPS) is 17.7. The maximum atomic E-state index is 6.52. The van der Waals surface area contributed by atoms with Crippen LogP contribution in [0, 0.1) is 13.8 Å². The molecule has 1 aliphatic carbocycles. The van der Waals surface area contributed by atoms with Gasteiger partial charge in [0.2, 0.25) is 5.90 Å². The summed E-state index contributed by atoms with van der Waals surface area (Å²) in [6.45, 7) is 4.25. The number of hydrogen-bond donors (Lipinski definition) is 0. The SMILES string of the molecule is Cc1cc(C2=N[C@@H]3Cc4ccccc4[C@@H]3O2)cc(-n2c3ccccc3c3ccc(-c4cc(C)ccn4)cc32)c1. The zero-order valence-electron chi connectivity index (χ0n) is 21.9. The predicted octanol–water partition coefficient (Wildman–Crippen LogP) is 7.91. The molecule has 2 atom stereocenters. The Morgan fingerprint density at radius 3 is 2.51 bits per heavy atom. The van der Waals surface area contributed by atoms with Crippen molar-refractivity contribution in [1.82, 2.24) is 9.55 Å². The van der Waals surface area contributed by atoms with Crippen LogP contribution in [0.5, 0.6) is 0 Å². The van der Waals surface area contributed by atoms with Crippen LogP contribution in [0.2, 0.25) is 0 Å². The Bertz CT molecular complexity index is 1960. The van der Waals surface area contributed by atoms with Gasteiger partial charge in [-0.05, 0) is 85.0 Å². The molecular formula is C35H27N3O. The number of fused-ring (bicyclic) bond motifs is 6. The summed E-state index contributed by atoms with van der Waals surface area (Å²) in [4.78, 5) is 9.72. The summed E-state index contributed by atoms with van der Waals surface area (Å²) in [5, 5.41) is 2.46. The largest absolute Gasteiger partial charge is 0.467 e. The summed E-state index contributed by atoms with van der Waals surface area (Å²) in [6.07, 6.45) is 2.83. The molecule has 3 heterocycles. The Balaban J connectivity index is 1.28. The molecule has 0 unspecified atom stereocenters. The highest BCUT2D eigenvalue weighted by atomic mass is 16.5. The average molecular weight is 506 g/mol. The van der Waals surface area contributed by atoms with Crippen molar-refractivity contribution in [2.24, 2.45) is 4.99 Å². The standard InChI is InChI=1S/C35H27N3O/c1-21-13-14-36-30(17-21)24-11-12-29-28-9-5-6-10-32(28)38(33(29)20-24)26-16-22(2)15-25(18-26)35-37-31-19-23-7-3-4-8-27(23)34(31)39-35/h3-18,20,31,34H,19H2,1-2H3/t31-,34+/m1/s1. The highest BCUT2D eigenvalue weighted by Gasteiger charge is 2.39. The number of aryl methyl sites for hydroxylation is 2. The highest BCUT2D eigenvalue weighted by Crippen LogP contribution is 2.41. The van der Waals surface area contributed by atoms with Gasteiger partial charge in [-0.2, -0.15) is 0 Å². The van der Waals surface area contributed by atoms with Gasteiger partial charge in [-0.1, -0.05) is 54.6 Å². The first kappa shape index (κ1) is 22.3. The van der Waals surface area contributed by atoms with E-state index in [0.29, 0.717) is 0 Å². The topological polar surface area (TPSA) is 39.4 Å². The second kappa shape index (κ2) is 8.40. The number of rotatable bonds is 3. The Hall–Kier alpha value is -4.70. The molecule has 0 radical (unpaired) electrons. The van der Waals surface area contributed by atoms with Gasteiger partial charge in [0.05, 0.1) is 22.8 Å². The number of hydrogen-bond acceptors (Lipinski definition) is 3. The molecule has 6 aromatic rings. The van der Waals surface area contributed by atoms with Gasteiger partial charge in [-0.15, -0.1) is 0 Å². The monoisotopic (exact) mass is 505 g/mol. The molecule has 0 saturated carbocycles. The predicted molar refractivity (Wildman–Crippen MR) is 158 cm³/mol. The van der Waals surface area contributed by atoms with E-state index in [0.717, 1.165) is 40.3 Å². The summed E-state index contributed by atoms with van der Waals surface area (Å²) in [5.74, 6) is 0.745. The van der Waals surface area contributed by atoms with Crippen molar-refractivity contribution in [1.29, 1.82) is 0 Å². The van der Waals surface area contributed by atoms with Crippen LogP contribution in [-0.2, 0) is 11.2 Å². The second-order valence-electron chi connectivity index (χ2n) is 10.8. The summed E-state index contributed by atoms with van der Waals surface area (Å²) in [5.41, 5.74) is 11.6. The van der Waals surface area contributed by atoms with E-state index >= 15 is 0 Å². The Morgan fingerprint density at radius 2 is 1.59 bits per heavy atom. The summed E-state index contributed by atoms with van der Waals surface area (Å²) in [7, 11) is 0. The highest BCUT2D eigenvalue weighted by molar-refractivity contribution is 6.10. The van der Waals surface area contributed by atoms with Crippen molar-refractivity contribution in [2.75, 3.05) is 0 Å². The molecular weight excluding hydrogens is 478 g/mol. The maximum Gasteiger partial charge on any atom is 0.217 e. The van der Waals surface area contributed by atoms with E-state index in [1.807, 2.05) is 12.3 Å². The lowest BCUT2D eigenvalue weighted by Crippen LogP contribution is -2.08. The third-order valence-corrected chi connectivity index (χ3v) is 8.11. The van der Waals surface area contributed by atoms with Crippen molar-refractivity contribution in [2.45, 2.75) is 32.4 Å². The van der Waals surface area contributed by atoms with Crippen LogP contribution in [0.15, 0.2) is 108 Å². The minimum atomic E-state index is 0.0118. The fourth-order valence-corrected chi connectivity index (χ4v) is 6.35. The van der Waals surface area contributed by atoms with E-state index in [2.05, 4.69) is 114 Å². The third-order valence-electron chi connectivity index (χ3n) is 8.11. The quantitative estimate of drug-likeness (QED) is 0.245. The van der Waals surface area contributed by atoms with Crippen LogP contribution in [0.3, 0.4) is 0 Å². The van der Waals surface area contributed by atoms with Crippen LogP contribution in [0.4, 0.5) is 0 Å². The Kier molecular flexibility index (Phi) is 4.80. The van der Waals surface area contributed by atoms with Crippen molar-refractivity contribution in [3.63, 3.8) is 0 Å². The van der Waals surface area contributed by atoms with E-state index in [4.69, 9.17) is 9.73 Å². The number of aromatic nitrogens is 2. The molecule has 39 heavy (non-hydrogen) atoms. The van der Waals surface area contributed by atoms with Crippen LogP contribution in [-0.4, -0.2) is 21.5 Å². The first-order chi connectivity index (χ1) is 19.1. The Morgan fingerprint density at radius 1 is 0.744 bits per heavy atom. The molecule has 0 saturated heterocycles. The van der Waals surface area contributed by atoms with Gasteiger partial charge >= 0.3 is 0 Å². The molecule has 0 bridgehead atoms. The number of pyridine rings is 1. The first-order valence-corrected chi connectivity index (χ1v) is 13.5. The Labute approximate surface area is 227 Å². The van der Waals surface area contributed by atoms with Gasteiger partial charge in [-0.3, -0.25) is 4.98 Å². The molecule has 0 spiro atoms. The number of ether oxygens (including phenoxy) is 1. The number of aliphatic imine (C=N–C) groups is 1. The lowest BCUT2D eigenvalue weighted by molar-refractivity contribution is 0.209. The molecule has 188 valence electrons. The molecule has 2 aromatic heterocycles. The van der Waals surface area contributed by atoms with Crippen molar-refractivity contribution in [3.8, 4) is 16.9 Å². The van der Waals surface area contributed by atoms with Gasteiger partial charge in [0, 0.05) is 33.8 Å². The fraction of sp³-hybridized carbons (Fsp3) is 0.143. The van der Waals surface area contributed by atoms with Gasteiger partial charge < -0.3 is 9.30 Å². The van der Waals surface area contributed by atoms with E-state index in [-0.39, 0.29) is 12.1 Å². The van der Waals surface area contributed by atoms with Gasteiger partial charge in [0.15, 0.2) is 0 Å². The van der Waals surface area contributed by atoms with Crippen molar-refractivity contribution in [3.05, 3.63) is 131 Å². The van der Waals surface area contributed by atoms with Crippen LogP contribution < -0.4 is 0 Å². The molecule has 4 aromatic carbocycles. The van der Waals surface area contributed by atoms with Crippen molar-refractivity contribution < 1.29 is 4.74 Å². The second-order valence-corrected chi connectivity index (χ2v) is 10.8. The average Bonchev–Trinajstić information content (AvgIpc) is 3.62. The van der Waals surface area contributed by atoms with Gasteiger partial charge in [0.1, 0.15) is 6.10 Å². The molecule has 1 aliphatic heterocycles. The molecule has 0 amide bonds. The zero-order valence-corrected chi connectivity index (χ0v) is 21.9. The van der Waals surface area contributed by atoms with E-state index in [1.165, 1.54) is 38.5 Å². The lowest BCUT2D eigenvalue weighted by Gasteiger charge is -2.14. The van der Waals surface area contributed by atoms with Crippen LogP contribution >= 0.6 is 0 Å². The zero-order chi connectivity index (χ0) is 26.1. The summed E-state index contributed by atoms with van der Waals surface area (Å²) in [6, 6.07) is 34.9. The van der Waals surface area contributed by atoms with E-state index in [9.17, 15) is 0 Å². The molecule has 0 fully saturated rings. The summed E-state index contributed by atoms with van der Waals surface area (Å²) < 4.78 is 8.89. The molecule has 2 aliphatic rings. The first-order valence-electron chi connectivity index (χ1n) is 13.5. The number of nitrogens with zero attached hydrogens (tertiary/aromatic N) is 3. The van der Waals surface area contributed by atoms with E-state index < -0.39 is 0 Å². The minimum Gasteiger partial charge on any atom is -0.467 e. The third kappa shape index (κ3) is 3.52. The molecule has 4 nitrogen and oxygen atoms in total. The minimum absolute atomic E-state index is 0.0118. The van der Waals surface area contributed by atoms with Crippen LogP contribution in [0.1, 0.15) is 33.9 Å². The fourth-order valence-electron chi connectivity index (χ4n) is 6.35. The van der Waals surface area contributed by atoms with Crippen LogP contribution in [0.25, 0.3) is 38.8 Å². The van der Waals surface area contributed by atoms with Gasteiger partial charge in [-0.25, -0.2) is 4.99 Å². The smallest absolute Gasteiger partial charge is 0.217 e. The molecule has 8 rings (SSSR count). The van der Waals surface area contributed by atoms with E-state index in [1.54, 1.807) is 0 Å². The van der Waals surface area contributed by atoms with Gasteiger partial charge in [0.25, 0.3) is 0 Å². The number of para-hydroxylation sites is 1. The summed E-state index contributed by atoms with van der Waals surface area (Å²) >= 11 is 0. The lowest BCUT2D eigenvalue weighted by atomic mass is 10.1. The maximum absolute atomic E-state index is 6.52. The number of benzene rings is 4.